The van der Waals surface area contributed by atoms with E-state index in [0.29, 0.717) is 17.4 Å². The standard InChI is InChI=1S/C14H16ClN3O3/c1-19-10-5-4-9(12(6-10)20-2)7-16-13-11(15)8-17-14(18-13)21-3/h4-6,8H,7H2,1-3H3,(H,16,17,18). The van der Waals surface area contributed by atoms with E-state index in [-0.39, 0.29) is 6.01 Å². The molecule has 1 aromatic carbocycles. The molecule has 2 aromatic rings. The van der Waals surface area contributed by atoms with E-state index >= 15 is 0 Å². The molecule has 6 nitrogen and oxygen atoms in total. The van der Waals surface area contributed by atoms with Crippen LogP contribution < -0.4 is 19.5 Å². The van der Waals surface area contributed by atoms with Crippen molar-refractivity contribution in [2.75, 3.05) is 26.6 Å². The van der Waals surface area contributed by atoms with Gasteiger partial charge in [0.15, 0.2) is 5.82 Å². The zero-order valence-electron chi connectivity index (χ0n) is 12.0. The van der Waals surface area contributed by atoms with Crippen LogP contribution in [0.15, 0.2) is 24.4 Å². The van der Waals surface area contributed by atoms with Gasteiger partial charge in [-0.25, -0.2) is 4.98 Å². The number of ether oxygens (including phenoxy) is 3. The van der Waals surface area contributed by atoms with Gasteiger partial charge in [0, 0.05) is 18.2 Å². The molecule has 0 fully saturated rings. The van der Waals surface area contributed by atoms with Crippen LogP contribution in [-0.2, 0) is 6.54 Å². The van der Waals surface area contributed by atoms with Crippen molar-refractivity contribution in [3.63, 3.8) is 0 Å². The number of benzene rings is 1. The summed E-state index contributed by atoms with van der Waals surface area (Å²) in [6.07, 6.45) is 1.49. The molecule has 1 N–H and O–H groups in total. The van der Waals surface area contributed by atoms with Gasteiger partial charge in [-0.05, 0) is 12.1 Å². The summed E-state index contributed by atoms with van der Waals surface area (Å²) in [5.41, 5.74) is 0.951. The molecule has 0 aliphatic heterocycles. The summed E-state index contributed by atoms with van der Waals surface area (Å²) >= 11 is 6.05. The number of hydrogen-bond acceptors (Lipinski definition) is 6. The number of aromatic nitrogens is 2. The molecular formula is C14H16ClN3O3. The third-order valence-corrected chi connectivity index (χ3v) is 3.12. The van der Waals surface area contributed by atoms with Crippen LogP contribution in [-0.4, -0.2) is 31.3 Å². The Bertz CT molecular complexity index is 622. The van der Waals surface area contributed by atoms with E-state index in [9.17, 15) is 0 Å². The lowest BCUT2D eigenvalue weighted by Crippen LogP contribution is -2.05. The van der Waals surface area contributed by atoms with Crippen molar-refractivity contribution in [3.05, 3.63) is 35.0 Å². The monoisotopic (exact) mass is 309 g/mol. The van der Waals surface area contributed by atoms with Crippen molar-refractivity contribution in [1.82, 2.24) is 9.97 Å². The summed E-state index contributed by atoms with van der Waals surface area (Å²) in [4.78, 5) is 8.08. The van der Waals surface area contributed by atoms with Gasteiger partial charge in [-0.2, -0.15) is 4.98 Å². The number of methoxy groups -OCH3 is 3. The molecule has 7 heteroatoms. The molecule has 0 spiro atoms. The van der Waals surface area contributed by atoms with Crippen LogP contribution >= 0.6 is 11.6 Å². The Morgan fingerprint density at radius 1 is 1.14 bits per heavy atom. The molecule has 1 aromatic heterocycles. The van der Waals surface area contributed by atoms with Crippen LogP contribution in [0, 0.1) is 0 Å². The molecule has 0 aliphatic carbocycles. The van der Waals surface area contributed by atoms with Crippen molar-refractivity contribution in [2.45, 2.75) is 6.54 Å². The number of halogens is 1. The van der Waals surface area contributed by atoms with Crippen molar-refractivity contribution in [3.8, 4) is 17.5 Å². The van der Waals surface area contributed by atoms with Crippen LogP contribution in [0.25, 0.3) is 0 Å². The third kappa shape index (κ3) is 3.66. The van der Waals surface area contributed by atoms with Gasteiger partial charge in [-0.1, -0.05) is 11.6 Å². The lowest BCUT2D eigenvalue weighted by atomic mass is 10.2. The van der Waals surface area contributed by atoms with E-state index in [0.717, 1.165) is 17.1 Å². The molecule has 21 heavy (non-hydrogen) atoms. The van der Waals surface area contributed by atoms with Crippen LogP contribution in [0.5, 0.6) is 17.5 Å². The molecule has 2 rings (SSSR count). The molecule has 0 aliphatic rings. The molecule has 0 bridgehead atoms. The fourth-order valence-electron chi connectivity index (χ4n) is 1.75. The molecular weight excluding hydrogens is 294 g/mol. The second-order valence-corrected chi connectivity index (χ2v) is 4.49. The van der Waals surface area contributed by atoms with E-state index in [1.165, 1.54) is 13.3 Å². The minimum absolute atomic E-state index is 0.253. The summed E-state index contributed by atoms with van der Waals surface area (Å²) in [5, 5.41) is 3.55. The second-order valence-electron chi connectivity index (χ2n) is 4.08. The molecule has 0 saturated carbocycles. The lowest BCUT2D eigenvalue weighted by molar-refractivity contribution is 0.380. The summed E-state index contributed by atoms with van der Waals surface area (Å²) in [5.74, 6) is 1.96. The predicted octanol–water partition coefficient (Wildman–Crippen LogP) is 2.77. The Morgan fingerprint density at radius 3 is 2.62 bits per heavy atom. The average Bonchev–Trinajstić information content (AvgIpc) is 2.54. The van der Waals surface area contributed by atoms with Gasteiger partial charge in [0.05, 0.1) is 27.5 Å². The number of anilines is 1. The zero-order chi connectivity index (χ0) is 15.2. The van der Waals surface area contributed by atoms with E-state index in [4.69, 9.17) is 25.8 Å². The van der Waals surface area contributed by atoms with Crippen molar-refractivity contribution < 1.29 is 14.2 Å². The first-order chi connectivity index (χ1) is 10.2. The van der Waals surface area contributed by atoms with Gasteiger partial charge < -0.3 is 19.5 Å². The van der Waals surface area contributed by atoms with Crippen molar-refractivity contribution in [1.29, 1.82) is 0 Å². The Balaban J connectivity index is 2.16. The van der Waals surface area contributed by atoms with E-state index in [1.54, 1.807) is 14.2 Å². The van der Waals surface area contributed by atoms with E-state index in [2.05, 4.69) is 15.3 Å². The largest absolute Gasteiger partial charge is 0.497 e. The maximum absolute atomic E-state index is 6.05. The Hall–Kier alpha value is -2.21. The van der Waals surface area contributed by atoms with Gasteiger partial charge in [-0.15, -0.1) is 0 Å². The quantitative estimate of drug-likeness (QED) is 0.885. The number of rotatable bonds is 6. The maximum atomic E-state index is 6.05. The molecule has 0 amide bonds. The zero-order valence-corrected chi connectivity index (χ0v) is 12.8. The van der Waals surface area contributed by atoms with Crippen LogP contribution in [0.3, 0.4) is 0 Å². The van der Waals surface area contributed by atoms with E-state index in [1.807, 2.05) is 18.2 Å². The van der Waals surface area contributed by atoms with Gasteiger partial charge in [0.25, 0.3) is 0 Å². The lowest BCUT2D eigenvalue weighted by Gasteiger charge is -2.12. The summed E-state index contributed by atoms with van der Waals surface area (Å²) in [6, 6.07) is 5.85. The first kappa shape index (κ1) is 15.2. The highest BCUT2D eigenvalue weighted by Gasteiger charge is 2.08. The minimum atomic E-state index is 0.253. The normalized spacial score (nSPS) is 10.1. The first-order valence-corrected chi connectivity index (χ1v) is 6.57. The van der Waals surface area contributed by atoms with Crippen molar-refractivity contribution in [2.24, 2.45) is 0 Å². The fourth-order valence-corrected chi connectivity index (χ4v) is 1.91. The van der Waals surface area contributed by atoms with E-state index < -0.39 is 0 Å². The van der Waals surface area contributed by atoms with Crippen LogP contribution in [0.2, 0.25) is 5.02 Å². The second kappa shape index (κ2) is 6.99. The van der Waals surface area contributed by atoms with Gasteiger partial charge in [-0.3, -0.25) is 0 Å². The van der Waals surface area contributed by atoms with Crippen LogP contribution in [0.1, 0.15) is 5.56 Å². The highest BCUT2D eigenvalue weighted by molar-refractivity contribution is 6.32. The van der Waals surface area contributed by atoms with Gasteiger partial charge in [0.1, 0.15) is 16.5 Å². The molecule has 0 atom stereocenters. The Labute approximate surface area is 128 Å². The maximum Gasteiger partial charge on any atom is 0.318 e. The number of nitrogens with zero attached hydrogens (tertiary/aromatic N) is 2. The summed E-state index contributed by atoms with van der Waals surface area (Å²) < 4.78 is 15.5. The van der Waals surface area contributed by atoms with Gasteiger partial charge >= 0.3 is 6.01 Å². The molecule has 0 unspecified atom stereocenters. The minimum Gasteiger partial charge on any atom is -0.497 e. The number of nitrogens with one attached hydrogen (secondary N) is 1. The Kier molecular flexibility index (Phi) is 5.05. The average molecular weight is 310 g/mol. The highest BCUT2D eigenvalue weighted by atomic mass is 35.5. The Morgan fingerprint density at radius 2 is 1.95 bits per heavy atom. The first-order valence-electron chi connectivity index (χ1n) is 6.19. The molecule has 0 radical (unpaired) electrons. The van der Waals surface area contributed by atoms with Gasteiger partial charge in [0.2, 0.25) is 0 Å². The predicted molar refractivity (Wildman–Crippen MR) is 80.5 cm³/mol. The fraction of sp³-hybridized carbons (Fsp3) is 0.286. The molecule has 1 heterocycles. The topological polar surface area (TPSA) is 65.5 Å². The van der Waals surface area contributed by atoms with Crippen LogP contribution in [0.4, 0.5) is 5.82 Å². The third-order valence-electron chi connectivity index (χ3n) is 2.85. The SMILES string of the molecule is COc1ccc(CNc2nc(OC)ncc2Cl)c(OC)c1. The van der Waals surface area contributed by atoms with Crippen molar-refractivity contribution >= 4 is 17.4 Å². The number of hydrogen-bond donors (Lipinski definition) is 1. The summed E-state index contributed by atoms with van der Waals surface area (Å²) in [7, 11) is 4.72. The molecule has 112 valence electrons. The molecule has 0 saturated heterocycles. The highest BCUT2D eigenvalue weighted by Crippen LogP contribution is 2.26. The smallest absolute Gasteiger partial charge is 0.318 e. The summed E-state index contributed by atoms with van der Waals surface area (Å²) in [6.45, 7) is 0.493.